The molecule has 2 aromatic carbocycles. The molecule has 136 valence electrons. The average Bonchev–Trinajstić information content (AvgIpc) is 2.99. The summed E-state index contributed by atoms with van der Waals surface area (Å²) >= 11 is 0. The van der Waals surface area contributed by atoms with Gasteiger partial charge in [-0.15, -0.1) is 0 Å². The lowest BCUT2D eigenvalue weighted by molar-refractivity contribution is -0.584. The fraction of sp³-hybridized carbons (Fsp3) is 0.150. The van der Waals surface area contributed by atoms with Crippen molar-refractivity contribution < 1.29 is 19.0 Å². The molecule has 0 saturated carbocycles. The van der Waals surface area contributed by atoms with Gasteiger partial charge < -0.3 is 14.7 Å². The molecule has 0 saturated heterocycles. The first kappa shape index (κ1) is 16.8. The van der Waals surface area contributed by atoms with E-state index < -0.39 is 5.91 Å². The van der Waals surface area contributed by atoms with Crippen LogP contribution in [0.5, 0.6) is 5.75 Å². The first-order valence-corrected chi connectivity index (χ1v) is 8.37. The topological polar surface area (TPSA) is 93.5 Å². The molecule has 0 aliphatic rings. The van der Waals surface area contributed by atoms with Crippen LogP contribution in [0.4, 0.5) is 5.88 Å². The van der Waals surface area contributed by atoms with Crippen LogP contribution in [0.2, 0.25) is 0 Å². The number of rotatable bonds is 2. The van der Waals surface area contributed by atoms with Crippen molar-refractivity contribution in [1.82, 2.24) is 4.98 Å². The standard InChI is InChI=1S/C20H17N3O4/c1-11-14-9-8-13(24)10-17(14)27-20(11)22(3)19(25)18-12(2)23(26)16-7-5-4-6-15(16)21-18/h4-10,24H,1-3H3. The smallest absolute Gasteiger partial charge is 0.285 e. The highest BCUT2D eigenvalue weighted by atomic mass is 16.5. The second-order valence-corrected chi connectivity index (χ2v) is 6.41. The molecule has 7 heteroatoms. The Labute approximate surface area is 154 Å². The summed E-state index contributed by atoms with van der Waals surface area (Å²) in [6.45, 7) is 3.40. The summed E-state index contributed by atoms with van der Waals surface area (Å²) in [6, 6.07) is 11.7. The zero-order valence-corrected chi connectivity index (χ0v) is 15.1. The van der Waals surface area contributed by atoms with Crippen molar-refractivity contribution in [3.05, 3.63) is 64.6 Å². The predicted molar refractivity (Wildman–Crippen MR) is 101 cm³/mol. The maximum atomic E-state index is 13.1. The van der Waals surface area contributed by atoms with Crippen molar-refractivity contribution in [3.63, 3.8) is 0 Å². The number of hydrogen-bond acceptors (Lipinski definition) is 5. The van der Waals surface area contributed by atoms with Crippen LogP contribution in [0.15, 0.2) is 46.9 Å². The molecule has 0 atom stereocenters. The summed E-state index contributed by atoms with van der Waals surface area (Å²) in [5.74, 6) is -0.0298. The van der Waals surface area contributed by atoms with Crippen molar-refractivity contribution in [2.75, 3.05) is 11.9 Å². The number of amides is 1. The quantitative estimate of drug-likeness (QED) is 0.436. The lowest BCUT2D eigenvalue weighted by Crippen LogP contribution is -2.37. The summed E-state index contributed by atoms with van der Waals surface area (Å²) in [4.78, 5) is 18.8. The minimum Gasteiger partial charge on any atom is -0.618 e. The Hall–Kier alpha value is -3.61. The highest BCUT2D eigenvalue weighted by Gasteiger charge is 2.27. The van der Waals surface area contributed by atoms with Gasteiger partial charge >= 0.3 is 0 Å². The largest absolute Gasteiger partial charge is 0.618 e. The molecule has 0 bridgehead atoms. The Morgan fingerprint density at radius 1 is 1.22 bits per heavy atom. The zero-order valence-electron chi connectivity index (χ0n) is 15.1. The van der Waals surface area contributed by atoms with E-state index in [1.807, 2.05) is 6.92 Å². The lowest BCUT2D eigenvalue weighted by atomic mass is 10.1. The number of phenolic OH excluding ortho intramolecular Hbond substituents is 1. The van der Waals surface area contributed by atoms with Gasteiger partial charge in [-0.05, 0) is 25.1 Å². The van der Waals surface area contributed by atoms with Crippen LogP contribution >= 0.6 is 0 Å². The summed E-state index contributed by atoms with van der Waals surface area (Å²) in [5, 5.41) is 22.9. The summed E-state index contributed by atoms with van der Waals surface area (Å²) in [7, 11) is 1.57. The number of phenols is 1. The SMILES string of the molecule is Cc1c(N(C)C(=O)c2nc3ccccc3[n+]([O-])c2C)oc2cc(O)ccc12. The minimum absolute atomic E-state index is 0.0638. The fourth-order valence-electron chi connectivity index (χ4n) is 3.18. The molecule has 0 radical (unpaired) electrons. The number of carbonyl (C=O) groups is 1. The number of aryl methyl sites for hydroxylation is 1. The van der Waals surface area contributed by atoms with Gasteiger partial charge in [0.2, 0.25) is 17.1 Å². The van der Waals surface area contributed by atoms with Crippen LogP contribution in [0.3, 0.4) is 0 Å². The normalized spacial score (nSPS) is 11.2. The van der Waals surface area contributed by atoms with Crippen LogP contribution in [0, 0.1) is 19.1 Å². The van der Waals surface area contributed by atoms with Gasteiger partial charge in [-0.3, -0.25) is 9.69 Å². The maximum Gasteiger partial charge on any atom is 0.285 e. The fourth-order valence-corrected chi connectivity index (χ4v) is 3.18. The van der Waals surface area contributed by atoms with Crippen LogP contribution in [0.25, 0.3) is 22.0 Å². The van der Waals surface area contributed by atoms with Gasteiger partial charge in [0, 0.05) is 37.1 Å². The van der Waals surface area contributed by atoms with E-state index in [9.17, 15) is 15.1 Å². The second kappa shape index (κ2) is 5.98. The van der Waals surface area contributed by atoms with Gasteiger partial charge in [-0.1, -0.05) is 12.1 Å². The number of para-hydroxylation sites is 2. The number of hydrogen-bond donors (Lipinski definition) is 1. The lowest BCUT2D eigenvalue weighted by Gasteiger charge is -2.16. The third kappa shape index (κ3) is 2.55. The first-order chi connectivity index (χ1) is 12.9. The van der Waals surface area contributed by atoms with E-state index in [0.717, 1.165) is 10.9 Å². The number of aromatic hydroxyl groups is 1. The number of benzene rings is 2. The van der Waals surface area contributed by atoms with E-state index in [0.29, 0.717) is 27.2 Å². The Bertz CT molecular complexity index is 1210. The number of furan rings is 1. The zero-order chi connectivity index (χ0) is 19.3. The van der Waals surface area contributed by atoms with Crippen molar-refractivity contribution in [3.8, 4) is 5.75 Å². The summed E-state index contributed by atoms with van der Waals surface area (Å²) in [5.41, 5.74) is 2.37. The van der Waals surface area contributed by atoms with Gasteiger partial charge in [0.05, 0.1) is 0 Å². The Kier molecular flexibility index (Phi) is 3.73. The molecule has 27 heavy (non-hydrogen) atoms. The van der Waals surface area contributed by atoms with Crippen molar-refractivity contribution in [2.45, 2.75) is 13.8 Å². The molecule has 7 nitrogen and oxygen atoms in total. The van der Waals surface area contributed by atoms with Crippen molar-refractivity contribution in [2.24, 2.45) is 0 Å². The minimum atomic E-state index is -0.450. The number of nitrogens with zero attached hydrogens (tertiary/aromatic N) is 3. The van der Waals surface area contributed by atoms with Crippen LogP contribution in [-0.2, 0) is 0 Å². The van der Waals surface area contributed by atoms with E-state index in [1.165, 1.54) is 11.0 Å². The molecule has 0 aliphatic heterocycles. The Morgan fingerprint density at radius 2 is 1.96 bits per heavy atom. The summed E-state index contributed by atoms with van der Waals surface area (Å²) < 4.78 is 6.49. The molecule has 2 heterocycles. The molecular formula is C20H17N3O4. The molecule has 0 fully saturated rings. The highest BCUT2D eigenvalue weighted by Crippen LogP contribution is 2.33. The number of fused-ring (bicyclic) bond motifs is 2. The first-order valence-electron chi connectivity index (χ1n) is 8.37. The van der Waals surface area contributed by atoms with Crippen molar-refractivity contribution >= 4 is 33.8 Å². The van der Waals surface area contributed by atoms with Gasteiger partial charge in [-0.25, -0.2) is 4.98 Å². The van der Waals surface area contributed by atoms with E-state index >= 15 is 0 Å². The van der Waals surface area contributed by atoms with E-state index in [1.54, 1.807) is 50.4 Å². The number of carbonyl (C=O) groups excluding carboxylic acids is 1. The number of anilines is 1. The molecule has 4 rings (SSSR count). The monoisotopic (exact) mass is 363 g/mol. The molecule has 0 spiro atoms. The molecule has 2 aromatic heterocycles. The van der Waals surface area contributed by atoms with Crippen molar-refractivity contribution in [1.29, 1.82) is 0 Å². The van der Waals surface area contributed by atoms with Crippen LogP contribution < -0.4 is 9.63 Å². The Morgan fingerprint density at radius 3 is 2.74 bits per heavy atom. The highest BCUT2D eigenvalue weighted by molar-refractivity contribution is 6.06. The summed E-state index contributed by atoms with van der Waals surface area (Å²) in [6.07, 6.45) is 0. The molecule has 1 N–H and O–H groups in total. The second-order valence-electron chi connectivity index (χ2n) is 6.41. The molecule has 4 aromatic rings. The van der Waals surface area contributed by atoms with Gasteiger partial charge in [0.25, 0.3) is 5.91 Å². The Balaban J connectivity index is 1.82. The maximum absolute atomic E-state index is 13.1. The van der Waals surface area contributed by atoms with Crippen LogP contribution in [-0.4, -0.2) is 23.0 Å². The number of aromatic nitrogens is 2. The molecule has 1 amide bonds. The third-order valence-corrected chi connectivity index (χ3v) is 4.69. The van der Waals surface area contributed by atoms with Crippen LogP contribution in [0.1, 0.15) is 21.7 Å². The van der Waals surface area contributed by atoms with E-state index in [-0.39, 0.29) is 17.1 Å². The molecule has 0 aliphatic carbocycles. The van der Waals surface area contributed by atoms with E-state index in [4.69, 9.17) is 4.42 Å². The average molecular weight is 363 g/mol. The van der Waals surface area contributed by atoms with Gasteiger partial charge in [0.1, 0.15) is 16.8 Å². The third-order valence-electron chi connectivity index (χ3n) is 4.69. The predicted octanol–water partition coefficient (Wildman–Crippen LogP) is 3.21. The molecular weight excluding hydrogens is 346 g/mol. The van der Waals surface area contributed by atoms with E-state index in [2.05, 4.69) is 4.98 Å². The van der Waals surface area contributed by atoms with Gasteiger partial charge in [-0.2, -0.15) is 4.73 Å². The molecule has 0 unspecified atom stereocenters. The van der Waals surface area contributed by atoms with Gasteiger partial charge in [0.15, 0.2) is 5.69 Å².